The zero-order valence-corrected chi connectivity index (χ0v) is 14.2. The van der Waals surface area contributed by atoms with Crippen molar-refractivity contribution in [3.63, 3.8) is 0 Å². The van der Waals surface area contributed by atoms with E-state index in [0.717, 1.165) is 13.1 Å². The van der Waals surface area contributed by atoms with Crippen molar-refractivity contribution < 1.29 is 0 Å². The van der Waals surface area contributed by atoms with Crippen LogP contribution < -0.4 is 5.32 Å². The summed E-state index contributed by atoms with van der Waals surface area (Å²) in [5.74, 6) is 0.689. The van der Waals surface area contributed by atoms with Crippen LogP contribution in [0, 0.1) is 5.92 Å². The fraction of sp³-hybridized carbons (Fsp3) is 0.824. The Hall–Kier alpha value is -0.870. The summed E-state index contributed by atoms with van der Waals surface area (Å²) in [6.45, 7) is 10.0. The molecule has 0 amide bonds. The maximum Gasteiger partial charge on any atom is 0.0537 e. The van der Waals surface area contributed by atoms with Gasteiger partial charge in [-0.15, -0.1) is 0 Å². The Labute approximate surface area is 129 Å². The van der Waals surface area contributed by atoms with Crippen molar-refractivity contribution in [2.45, 2.75) is 58.5 Å². The molecule has 120 valence electrons. The number of likely N-dealkylation sites (tertiary alicyclic amines) is 1. The Morgan fingerprint density at radius 2 is 2.19 bits per heavy atom. The molecule has 1 saturated heterocycles. The Balaban J connectivity index is 2.14. The van der Waals surface area contributed by atoms with Crippen LogP contribution >= 0.6 is 0 Å². The molecule has 1 aliphatic rings. The molecule has 1 fully saturated rings. The highest BCUT2D eigenvalue weighted by molar-refractivity contribution is 5.13. The first kappa shape index (κ1) is 16.5. The zero-order valence-electron chi connectivity index (χ0n) is 14.2. The van der Waals surface area contributed by atoms with Crippen molar-refractivity contribution in [2.24, 2.45) is 5.92 Å². The highest BCUT2D eigenvalue weighted by Crippen LogP contribution is 2.34. The molecular weight excluding hydrogens is 260 g/mol. The van der Waals surface area contributed by atoms with Crippen LogP contribution in [0.2, 0.25) is 0 Å². The van der Waals surface area contributed by atoms with E-state index in [1.54, 1.807) is 0 Å². The first-order valence-electron chi connectivity index (χ1n) is 8.58. The number of hydrogen-bond acceptors (Lipinski definition) is 3. The van der Waals surface area contributed by atoms with Gasteiger partial charge in [0.1, 0.15) is 0 Å². The number of rotatable bonds is 6. The molecule has 0 radical (unpaired) electrons. The van der Waals surface area contributed by atoms with Gasteiger partial charge in [-0.25, -0.2) is 0 Å². The van der Waals surface area contributed by atoms with Crippen LogP contribution in [0.15, 0.2) is 12.4 Å². The van der Waals surface area contributed by atoms with Gasteiger partial charge in [0.05, 0.1) is 6.20 Å². The third-order valence-corrected chi connectivity index (χ3v) is 4.58. The van der Waals surface area contributed by atoms with Crippen LogP contribution in [0.4, 0.5) is 0 Å². The molecule has 1 N–H and O–H groups in total. The lowest BCUT2D eigenvalue weighted by Gasteiger charge is -2.32. The van der Waals surface area contributed by atoms with Crippen LogP contribution in [0.5, 0.6) is 0 Å². The molecule has 2 heterocycles. The smallest absolute Gasteiger partial charge is 0.0537 e. The number of nitrogens with one attached hydrogen (secondary N) is 1. The minimum Gasteiger partial charge on any atom is -0.316 e. The minimum atomic E-state index is 0.437. The SMILES string of the molecule is CCCNCC1CCCCN(C)C1c1cnn(C(C)C)c1. The summed E-state index contributed by atoms with van der Waals surface area (Å²) < 4.78 is 2.09. The van der Waals surface area contributed by atoms with Crippen LogP contribution in [0.25, 0.3) is 0 Å². The van der Waals surface area contributed by atoms with Crippen LogP contribution in [-0.2, 0) is 0 Å². The maximum atomic E-state index is 4.56. The Morgan fingerprint density at radius 3 is 2.86 bits per heavy atom. The highest BCUT2D eigenvalue weighted by Gasteiger charge is 2.29. The van der Waals surface area contributed by atoms with Gasteiger partial charge < -0.3 is 5.32 Å². The van der Waals surface area contributed by atoms with E-state index in [2.05, 4.69) is 60.2 Å². The summed E-state index contributed by atoms with van der Waals surface area (Å²) >= 11 is 0. The van der Waals surface area contributed by atoms with E-state index in [9.17, 15) is 0 Å². The van der Waals surface area contributed by atoms with Gasteiger partial charge in [0.15, 0.2) is 0 Å². The summed E-state index contributed by atoms with van der Waals surface area (Å²) in [5.41, 5.74) is 1.39. The van der Waals surface area contributed by atoms with E-state index >= 15 is 0 Å². The maximum absolute atomic E-state index is 4.56. The van der Waals surface area contributed by atoms with Crippen molar-refractivity contribution in [1.82, 2.24) is 20.0 Å². The van der Waals surface area contributed by atoms with Crippen LogP contribution in [0.1, 0.15) is 64.1 Å². The van der Waals surface area contributed by atoms with Crippen molar-refractivity contribution in [3.8, 4) is 0 Å². The van der Waals surface area contributed by atoms with Gasteiger partial charge in [0.25, 0.3) is 0 Å². The third kappa shape index (κ3) is 4.30. The van der Waals surface area contributed by atoms with E-state index in [1.807, 2.05) is 0 Å². The van der Waals surface area contributed by atoms with E-state index in [1.165, 1.54) is 37.8 Å². The second kappa shape index (κ2) is 7.95. The van der Waals surface area contributed by atoms with Crippen molar-refractivity contribution in [1.29, 1.82) is 0 Å². The second-order valence-corrected chi connectivity index (χ2v) is 6.73. The van der Waals surface area contributed by atoms with Crippen LogP contribution in [0.3, 0.4) is 0 Å². The number of nitrogens with zero attached hydrogens (tertiary/aromatic N) is 3. The van der Waals surface area contributed by atoms with E-state index in [4.69, 9.17) is 0 Å². The fourth-order valence-electron chi connectivity index (χ4n) is 3.42. The Kier molecular flexibility index (Phi) is 6.24. The quantitative estimate of drug-likeness (QED) is 0.817. The molecule has 0 aliphatic carbocycles. The predicted molar refractivity (Wildman–Crippen MR) is 88.5 cm³/mol. The monoisotopic (exact) mass is 292 g/mol. The largest absolute Gasteiger partial charge is 0.316 e. The molecule has 0 spiro atoms. The van der Waals surface area contributed by atoms with Gasteiger partial charge in [0, 0.05) is 23.8 Å². The van der Waals surface area contributed by atoms with Gasteiger partial charge in [-0.3, -0.25) is 9.58 Å². The van der Waals surface area contributed by atoms with E-state index in [-0.39, 0.29) is 0 Å². The normalized spacial score (nSPS) is 24.4. The molecule has 2 rings (SSSR count). The Morgan fingerprint density at radius 1 is 1.38 bits per heavy atom. The van der Waals surface area contributed by atoms with Gasteiger partial charge >= 0.3 is 0 Å². The lowest BCUT2D eigenvalue weighted by atomic mass is 9.91. The van der Waals surface area contributed by atoms with Gasteiger partial charge in [-0.05, 0) is 65.7 Å². The summed E-state index contributed by atoms with van der Waals surface area (Å²) in [6.07, 6.45) is 9.52. The lowest BCUT2D eigenvalue weighted by molar-refractivity contribution is 0.189. The lowest BCUT2D eigenvalue weighted by Crippen LogP contribution is -2.35. The molecule has 0 bridgehead atoms. The summed E-state index contributed by atoms with van der Waals surface area (Å²) in [4.78, 5) is 2.53. The topological polar surface area (TPSA) is 33.1 Å². The molecular formula is C17H32N4. The van der Waals surface area contributed by atoms with Crippen molar-refractivity contribution in [2.75, 3.05) is 26.7 Å². The molecule has 1 aromatic heterocycles. The third-order valence-electron chi connectivity index (χ3n) is 4.58. The molecule has 21 heavy (non-hydrogen) atoms. The zero-order chi connectivity index (χ0) is 15.2. The molecule has 4 nitrogen and oxygen atoms in total. The summed E-state index contributed by atoms with van der Waals surface area (Å²) in [7, 11) is 2.27. The number of hydrogen-bond donors (Lipinski definition) is 1. The van der Waals surface area contributed by atoms with E-state index < -0.39 is 0 Å². The fourth-order valence-corrected chi connectivity index (χ4v) is 3.42. The van der Waals surface area contributed by atoms with E-state index in [0.29, 0.717) is 18.0 Å². The molecule has 1 aromatic rings. The summed E-state index contributed by atoms with van der Waals surface area (Å²) in [5, 5.41) is 8.18. The first-order chi connectivity index (χ1) is 10.1. The second-order valence-electron chi connectivity index (χ2n) is 6.73. The molecule has 4 heteroatoms. The predicted octanol–water partition coefficient (Wildman–Crippen LogP) is 3.24. The molecule has 1 aliphatic heterocycles. The van der Waals surface area contributed by atoms with Crippen molar-refractivity contribution >= 4 is 0 Å². The molecule has 0 saturated carbocycles. The molecule has 2 unspecified atom stereocenters. The minimum absolute atomic E-state index is 0.437. The number of aromatic nitrogens is 2. The average Bonchev–Trinajstić information content (AvgIpc) is 2.86. The molecule has 2 atom stereocenters. The van der Waals surface area contributed by atoms with Crippen LogP contribution in [-0.4, -0.2) is 41.4 Å². The Bertz CT molecular complexity index is 413. The highest BCUT2D eigenvalue weighted by atomic mass is 15.3. The van der Waals surface area contributed by atoms with Gasteiger partial charge in [-0.2, -0.15) is 5.10 Å². The average molecular weight is 292 g/mol. The summed E-state index contributed by atoms with van der Waals surface area (Å²) in [6, 6.07) is 0.941. The first-order valence-corrected chi connectivity index (χ1v) is 8.58. The van der Waals surface area contributed by atoms with Gasteiger partial charge in [0.2, 0.25) is 0 Å². The van der Waals surface area contributed by atoms with Gasteiger partial charge in [-0.1, -0.05) is 13.3 Å². The molecule has 0 aromatic carbocycles. The van der Waals surface area contributed by atoms with Crippen molar-refractivity contribution in [3.05, 3.63) is 18.0 Å². The standard InChI is InChI=1S/C17H32N4/c1-5-9-18-11-15-8-6-7-10-20(4)17(15)16-12-19-21(13-16)14(2)3/h12-15,17-18H,5-11H2,1-4H3.